The number of hydrogen-bond donors (Lipinski definition) is 0. The highest BCUT2D eigenvalue weighted by atomic mass is 16.7. The molecule has 0 amide bonds. The Morgan fingerprint density at radius 3 is 2.70 bits per heavy atom. The van der Waals surface area contributed by atoms with Gasteiger partial charge in [-0.3, -0.25) is 4.79 Å². The van der Waals surface area contributed by atoms with Crippen molar-refractivity contribution in [2.75, 3.05) is 27.1 Å². The first kappa shape index (κ1) is 16.8. The number of carbonyl (C=O) groups excluding carboxylic acids is 1. The van der Waals surface area contributed by atoms with Gasteiger partial charge < -0.3 is 23.7 Å². The molecule has 0 saturated carbocycles. The van der Waals surface area contributed by atoms with Gasteiger partial charge >= 0.3 is 0 Å². The number of ether oxygens (including phenoxy) is 5. The normalized spacial score (nSPS) is 14.4. The van der Waals surface area contributed by atoms with Crippen LogP contribution < -0.4 is 23.7 Å². The van der Waals surface area contributed by atoms with E-state index in [1.54, 1.807) is 30.3 Å². The third-order valence-electron chi connectivity index (χ3n) is 4.16. The van der Waals surface area contributed by atoms with Gasteiger partial charge in [0.25, 0.3) is 0 Å². The van der Waals surface area contributed by atoms with Crippen LogP contribution in [0.15, 0.2) is 35.9 Å². The fourth-order valence-corrected chi connectivity index (χ4v) is 2.89. The lowest BCUT2D eigenvalue weighted by molar-refractivity contribution is 0.103. The van der Waals surface area contributed by atoms with Gasteiger partial charge in [0.1, 0.15) is 24.9 Å². The van der Waals surface area contributed by atoms with Crippen molar-refractivity contribution in [3.63, 3.8) is 0 Å². The molecular formula is C20H15NO6. The number of methoxy groups -OCH3 is 1. The van der Waals surface area contributed by atoms with E-state index in [9.17, 15) is 10.1 Å². The summed E-state index contributed by atoms with van der Waals surface area (Å²) in [5, 5.41) is 9.50. The van der Waals surface area contributed by atoms with Gasteiger partial charge in [-0.25, -0.2) is 0 Å². The van der Waals surface area contributed by atoms with Crippen LogP contribution >= 0.6 is 0 Å². The van der Waals surface area contributed by atoms with E-state index in [0.717, 1.165) is 0 Å². The van der Waals surface area contributed by atoms with Gasteiger partial charge in [0.15, 0.2) is 23.0 Å². The Morgan fingerprint density at radius 2 is 1.89 bits per heavy atom. The number of rotatable bonds is 4. The molecule has 2 aromatic rings. The average Bonchev–Trinajstić information content (AvgIpc) is 3.18. The molecule has 0 saturated heterocycles. The van der Waals surface area contributed by atoms with E-state index in [1.165, 1.54) is 13.2 Å². The van der Waals surface area contributed by atoms with Crippen LogP contribution in [-0.2, 0) is 0 Å². The second-order valence-corrected chi connectivity index (χ2v) is 5.81. The summed E-state index contributed by atoms with van der Waals surface area (Å²) in [6.07, 6.45) is 1.49. The SMILES string of the molecule is COc1cc(/C=C(\C#N)C(=O)c2ccc3c(c2)OCO3)cc2c1OCCO2. The van der Waals surface area contributed by atoms with Crippen LogP contribution in [0, 0.1) is 11.3 Å². The average molecular weight is 365 g/mol. The standard InChI is InChI=1S/C20H15NO6/c1-23-17-7-12(8-18-20(17)25-5-4-24-18)6-14(10-21)19(22)13-2-3-15-16(9-13)27-11-26-15/h2-3,6-9H,4-5,11H2,1H3/b14-6+. The number of fused-ring (bicyclic) bond motifs is 2. The summed E-state index contributed by atoms with van der Waals surface area (Å²) in [6.45, 7) is 0.972. The minimum absolute atomic E-state index is 0.0207. The summed E-state index contributed by atoms with van der Waals surface area (Å²) < 4.78 is 27.0. The predicted octanol–water partition coefficient (Wildman–Crippen LogP) is 2.98. The Balaban J connectivity index is 1.69. The molecule has 0 spiro atoms. The first-order valence-electron chi connectivity index (χ1n) is 8.23. The first-order chi connectivity index (χ1) is 13.2. The second kappa shape index (κ2) is 6.92. The molecule has 2 aromatic carbocycles. The van der Waals surface area contributed by atoms with E-state index in [2.05, 4.69) is 0 Å². The van der Waals surface area contributed by atoms with E-state index in [-0.39, 0.29) is 12.4 Å². The van der Waals surface area contributed by atoms with Crippen LogP contribution in [0.5, 0.6) is 28.7 Å². The molecule has 0 fully saturated rings. The van der Waals surface area contributed by atoms with Crippen molar-refractivity contribution >= 4 is 11.9 Å². The lowest BCUT2D eigenvalue weighted by Gasteiger charge is -2.21. The molecule has 27 heavy (non-hydrogen) atoms. The lowest BCUT2D eigenvalue weighted by Crippen LogP contribution is -2.16. The molecule has 7 heteroatoms. The number of hydrogen-bond acceptors (Lipinski definition) is 7. The summed E-state index contributed by atoms with van der Waals surface area (Å²) >= 11 is 0. The Morgan fingerprint density at radius 1 is 1.07 bits per heavy atom. The molecule has 0 atom stereocenters. The molecule has 4 rings (SSSR count). The molecule has 2 aliphatic rings. The maximum Gasteiger partial charge on any atom is 0.231 e. The molecule has 2 aliphatic heterocycles. The maximum atomic E-state index is 12.7. The molecule has 0 aromatic heterocycles. The van der Waals surface area contributed by atoms with Crippen molar-refractivity contribution in [2.24, 2.45) is 0 Å². The van der Waals surface area contributed by atoms with Crippen molar-refractivity contribution in [3.8, 4) is 34.8 Å². The third-order valence-corrected chi connectivity index (χ3v) is 4.16. The molecule has 7 nitrogen and oxygen atoms in total. The van der Waals surface area contributed by atoms with Crippen molar-refractivity contribution in [2.45, 2.75) is 0 Å². The van der Waals surface area contributed by atoms with Crippen molar-refractivity contribution < 1.29 is 28.5 Å². The van der Waals surface area contributed by atoms with E-state index in [0.29, 0.717) is 53.1 Å². The highest BCUT2D eigenvalue weighted by molar-refractivity contribution is 6.14. The van der Waals surface area contributed by atoms with Crippen LogP contribution in [0.4, 0.5) is 0 Å². The van der Waals surface area contributed by atoms with Gasteiger partial charge in [-0.1, -0.05) is 0 Å². The van der Waals surface area contributed by atoms with Crippen molar-refractivity contribution in [3.05, 3.63) is 47.0 Å². The summed E-state index contributed by atoms with van der Waals surface area (Å²) in [7, 11) is 1.52. The van der Waals surface area contributed by atoms with Crippen LogP contribution in [0.25, 0.3) is 6.08 Å². The molecular weight excluding hydrogens is 350 g/mol. The minimum Gasteiger partial charge on any atom is -0.493 e. The van der Waals surface area contributed by atoms with Gasteiger partial charge in [0.05, 0.1) is 7.11 Å². The number of allylic oxidation sites excluding steroid dienone is 1. The van der Waals surface area contributed by atoms with Crippen molar-refractivity contribution in [1.82, 2.24) is 0 Å². The Bertz CT molecular complexity index is 971. The van der Waals surface area contributed by atoms with E-state index >= 15 is 0 Å². The summed E-state index contributed by atoms with van der Waals surface area (Å²) in [4.78, 5) is 12.7. The fraction of sp³-hybridized carbons (Fsp3) is 0.200. The molecule has 136 valence electrons. The second-order valence-electron chi connectivity index (χ2n) is 5.81. The molecule has 0 unspecified atom stereocenters. The van der Waals surface area contributed by atoms with Crippen molar-refractivity contribution in [1.29, 1.82) is 5.26 Å². The van der Waals surface area contributed by atoms with Crippen LogP contribution in [0.3, 0.4) is 0 Å². The van der Waals surface area contributed by atoms with Crippen LogP contribution in [0.1, 0.15) is 15.9 Å². The van der Waals surface area contributed by atoms with Crippen LogP contribution in [0.2, 0.25) is 0 Å². The monoisotopic (exact) mass is 365 g/mol. The molecule has 0 radical (unpaired) electrons. The maximum absolute atomic E-state index is 12.7. The quantitative estimate of drug-likeness (QED) is 0.468. The van der Waals surface area contributed by atoms with Gasteiger partial charge in [0.2, 0.25) is 18.3 Å². The smallest absolute Gasteiger partial charge is 0.231 e. The molecule has 0 N–H and O–H groups in total. The number of Topliss-reactive ketones (excluding diaryl/α,β-unsaturated/α-hetero) is 1. The van der Waals surface area contributed by atoms with E-state index in [1.807, 2.05) is 6.07 Å². The zero-order valence-corrected chi connectivity index (χ0v) is 14.5. The van der Waals surface area contributed by atoms with Gasteiger partial charge in [-0.15, -0.1) is 0 Å². The Labute approximate surface area is 155 Å². The number of benzene rings is 2. The van der Waals surface area contributed by atoms with E-state index < -0.39 is 5.78 Å². The van der Waals surface area contributed by atoms with Crippen LogP contribution in [-0.4, -0.2) is 32.9 Å². The summed E-state index contributed by atoms with van der Waals surface area (Å²) in [5.41, 5.74) is 0.922. The Hall–Kier alpha value is -3.66. The minimum atomic E-state index is -0.412. The molecule has 0 aliphatic carbocycles. The summed E-state index contributed by atoms with van der Waals surface area (Å²) in [5.74, 6) is 2.15. The number of nitrogens with zero attached hydrogens (tertiary/aromatic N) is 1. The highest BCUT2D eigenvalue weighted by Crippen LogP contribution is 2.41. The molecule has 0 bridgehead atoms. The highest BCUT2D eigenvalue weighted by Gasteiger charge is 2.21. The predicted molar refractivity (Wildman–Crippen MR) is 94.5 cm³/mol. The number of carbonyl (C=O) groups is 1. The number of ketones is 1. The largest absolute Gasteiger partial charge is 0.493 e. The first-order valence-corrected chi connectivity index (χ1v) is 8.23. The lowest BCUT2D eigenvalue weighted by atomic mass is 10.0. The molecule has 2 heterocycles. The third kappa shape index (κ3) is 3.13. The zero-order chi connectivity index (χ0) is 18.8. The zero-order valence-electron chi connectivity index (χ0n) is 14.5. The Kier molecular flexibility index (Phi) is 4.30. The summed E-state index contributed by atoms with van der Waals surface area (Å²) in [6, 6.07) is 10.2. The van der Waals surface area contributed by atoms with Gasteiger partial charge in [-0.2, -0.15) is 5.26 Å². The van der Waals surface area contributed by atoms with E-state index in [4.69, 9.17) is 23.7 Å². The fourth-order valence-electron chi connectivity index (χ4n) is 2.89. The van der Waals surface area contributed by atoms with Gasteiger partial charge in [0, 0.05) is 5.56 Å². The van der Waals surface area contributed by atoms with Gasteiger partial charge in [-0.05, 0) is 42.0 Å². The number of nitriles is 1. The topological polar surface area (TPSA) is 87.0 Å².